The smallest absolute Gasteiger partial charge is 0.301 e. The highest BCUT2D eigenvalue weighted by Gasteiger charge is 2.29. The highest BCUT2D eigenvalue weighted by atomic mass is 16.6. The maximum atomic E-state index is 11.4. The summed E-state index contributed by atoms with van der Waals surface area (Å²) in [4.78, 5) is 15.2. The SMILES string of the molecule is O=[N+]([O-])c1c(NC2CCCC2CO)ccc2ncccc12. The normalized spacial score (nSPS) is 21.6. The Labute approximate surface area is 122 Å². The average molecular weight is 287 g/mol. The van der Waals surface area contributed by atoms with Gasteiger partial charge in [-0.2, -0.15) is 0 Å². The molecule has 0 aliphatic heterocycles. The van der Waals surface area contributed by atoms with Crippen LogP contribution in [0.25, 0.3) is 10.9 Å². The number of aromatic nitrogens is 1. The Bertz CT molecular complexity index is 674. The summed E-state index contributed by atoms with van der Waals surface area (Å²) in [5.74, 6) is 0.161. The molecular formula is C15H17N3O3. The van der Waals surface area contributed by atoms with Crippen molar-refractivity contribution in [3.63, 3.8) is 0 Å². The molecule has 110 valence electrons. The molecule has 3 rings (SSSR count). The predicted octanol–water partition coefficient (Wildman–Crippen LogP) is 2.72. The van der Waals surface area contributed by atoms with Crippen molar-refractivity contribution in [3.8, 4) is 0 Å². The maximum absolute atomic E-state index is 11.4. The van der Waals surface area contributed by atoms with Gasteiger partial charge in [0.1, 0.15) is 5.69 Å². The minimum absolute atomic E-state index is 0.0594. The number of anilines is 1. The Morgan fingerprint density at radius 3 is 3.00 bits per heavy atom. The molecule has 0 radical (unpaired) electrons. The number of nitrogens with one attached hydrogen (secondary N) is 1. The predicted molar refractivity (Wildman–Crippen MR) is 80.2 cm³/mol. The number of hydrogen-bond donors (Lipinski definition) is 2. The van der Waals surface area contributed by atoms with Crippen LogP contribution in [0.5, 0.6) is 0 Å². The van der Waals surface area contributed by atoms with Gasteiger partial charge in [-0.15, -0.1) is 0 Å². The van der Waals surface area contributed by atoms with E-state index in [4.69, 9.17) is 0 Å². The molecule has 6 nitrogen and oxygen atoms in total. The van der Waals surface area contributed by atoms with Crippen molar-refractivity contribution >= 4 is 22.3 Å². The summed E-state index contributed by atoms with van der Waals surface area (Å²) in [5.41, 5.74) is 1.18. The topological polar surface area (TPSA) is 88.3 Å². The van der Waals surface area contributed by atoms with Gasteiger partial charge in [0, 0.05) is 24.8 Å². The van der Waals surface area contributed by atoms with Crippen LogP contribution in [0.2, 0.25) is 0 Å². The molecule has 21 heavy (non-hydrogen) atoms. The van der Waals surface area contributed by atoms with Gasteiger partial charge in [0.15, 0.2) is 0 Å². The number of pyridine rings is 1. The van der Waals surface area contributed by atoms with Crippen molar-refractivity contribution in [2.24, 2.45) is 5.92 Å². The molecule has 2 N–H and O–H groups in total. The number of aliphatic hydroxyl groups is 1. The largest absolute Gasteiger partial charge is 0.396 e. The second kappa shape index (κ2) is 5.65. The van der Waals surface area contributed by atoms with Crippen molar-refractivity contribution in [1.29, 1.82) is 0 Å². The molecular weight excluding hydrogens is 270 g/mol. The molecule has 2 unspecified atom stereocenters. The van der Waals surface area contributed by atoms with Gasteiger partial charge in [-0.05, 0) is 37.1 Å². The molecule has 0 bridgehead atoms. The molecule has 1 aliphatic rings. The quantitative estimate of drug-likeness (QED) is 0.666. The summed E-state index contributed by atoms with van der Waals surface area (Å²) in [6.07, 6.45) is 4.54. The third kappa shape index (κ3) is 2.54. The number of nitrogens with zero attached hydrogens (tertiary/aromatic N) is 2. The molecule has 6 heteroatoms. The van der Waals surface area contributed by atoms with Crippen LogP contribution in [0.15, 0.2) is 30.5 Å². The fraction of sp³-hybridized carbons (Fsp3) is 0.400. The van der Waals surface area contributed by atoms with Crippen molar-refractivity contribution in [2.45, 2.75) is 25.3 Å². The van der Waals surface area contributed by atoms with E-state index in [1.54, 1.807) is 30.5 Å². The van der Waals surface area contributed by atoms with E-state index in [0.29, 0.717) is 16.6 Å². The van der Waals surface area contributed by atoms with Gasteiger partial charge in [-0.1, -0.05) is 6.42 Å². The monoisotopic (exact) mass is 287 g/mol. The first-order chi connectivity index (χ1) is 10.2. The van der Waals surface area contributed by atoms with Crippen molar-refractivity contribution in [2.75, 3.05) is 11.9 Å². The maximum Gasteiger partial charge on any atom is 0.301 e. The summed E-state index contributed by atoms with van der Waals surface area (Å²) in [6.45, 7) is 0.112. The second-order valence-electron chi connectivity index (χ2n) is 5.41. The lowest BCUT2D eigenvalue weighted by Crippen LogP contribution is -2.26. The Morgan fingerprint density at radius 2 is 2.24 bits per heavy atom. The number of nitro benzene ring substituents is 1. The van der Waals surface area contributed by atoms with Gasteiger partial charge in [0.05, 0.1) is 15.8 Å². The van der Waals surface area contributed by atoms with Gasteiger partial charge in [-0.25, -0.2) is 0 Å². The minimum Gasteiger partial charge on any atom is -0.396 e. The van der Waals surface area contributed by atoms with E-state index in [2.05, 4.69) is 10.3 Å². The fourth-order valence-corrected chi connectivity index (χ4v) is 3.10. The molecule has 1 fully saturated rings. The van der Waals surface area contributed by atoms with Gasteiger partial charge in [0.25, 0.3) is 0 Å². The van der Waals surface area contributed by atoms with Crippen LogP contribution in [-0.2, 0) is 0 Å². The molecule has 2 aromatic rings. The summed E-state index contributed by atoms with van der Waals surface area (Å²) in [7, 11) is 0. The second-order valence-corrected chi connectivity index (χ2v) is 5.41. The number of benzene rings is 1. The fourth-order valence-electron chi connectivity index (χ4n) is 3.10. The van der Waals surface area contributed by atoms with Crippen molar-refractivity contribution < 1.29 is 10.0 Å². The van der Waals surface area contributed by atoms with Crippen LogP contribution in [0, 0.1) is 16.0 Å². The molecule has 0 saturated heterocycles. The highest BCUT2D eigenvalue weighted by molar-refractivity contribution is 5.94. The minimum atomic E-state index is -0.366. The van der Waals surface area contributed by atoms with E-state index in [1.807, 2.05) is 0 Å². The zero-order chi connectivity index (χ0) is 14.8. The van der Waals surface area contributed by atoms with Gasteiger partial charge in [-0.3, -0.25) is 15.1 Å². The van der Waals surface area contributed by atoms with Crippen LogP contribution in [0.3, 0.4) is 0 Å². The lowest BCUT2D eigenvalue weighted by Gasteiger charge is -2.20. The van der Waals surface area contributed by atoms with Gasteiger partial charge < -0.3 is 10.4 Å². The number of hydrogen-bond acceptors (Lipinski definition) is 5. The molecule has 1 aromatic heterocycles. The van der Waals surface area contributed by atoms with E-state index < -0.39 is 0 Å². The molecule has 1 aromatic carbocycles. The summed E-state index contributed by atoms with van der Waals surface area (Å²) in [6, 6.07) is 6.99. The summed E-state index contributed by atoms with van der Waals surface area (Å²) in [5, 5.41) is 24.6. The van der Waals surface area contributed by atoms with Crippen LogP contribution in [0.1, 0.15) is 19.3 Å². The lowest BCUT2D eigenvalue weighted by atomic mass is 10.0. The summed E-state index contributed by atoms with van der Waals surface area (Å²) < 4.78 is 0. The van der Waals surface area contributed by atoms with Crippen LogP contribution < -0.4 is 5.32 Å². The third-order valence-electron chi connectivity index (χ3n) is 4.17. The van der Waals surface area contributed by atoms with Gasteiger partial charge in [0.2, 0.25) is 0 Å². The standard InChI is InChI=1S/C15H17N3O3/c19-9-10-3-1-5-12(10)17-14-7-6-13-11(4-2-8-16-13)15(14)18(20)21/h2,4,6-8,10,12,17,19H,1,3,5,9H2. The highest BCUT2D eigenvalue weighted by Crippen LogP contribution is 2.36. The number of rotatable bonds is 4. The molecule has 1 aliphatic carbocycles. The summed E-state index contributed by atoms with van der Waals surface area (Å²) >= 11 is 0. The Kier molecular flexibility index (Phi) is 3.70. The van der Waals surface area contributed by atoms with Gasteiger partial charge >= 0.3 is 5.69 Å². The first kappa shape index (κ1) is 13.8. The van der Waals surface area contributed by atoms with E-state index in [1.165, 1.54) is 0 Å². The average Bonchev–Trinajstić information content (AvgIpc) is 2.93. The molecule has 1 heterocycles. The van der Waals surface area contributed by atoms with Crippen molar-refractivity contribution in [1.82, 2.24) is 4.98 Å². The van der Waals surface area contributed by atoms with E-state index in [0.717, 1.165) is 19.3 Å². The Balaban J connectivity index is 2.02. The zero-order valence-corrected chi connectivity index (χ0v) is 11.5. The van der Waals surface area contributed by atoms with E-state index >= 15 is 0 Å². The van der Waals surface area contributed by atoms with Crippen LogP contribution in [0.4, 0.5) is 11.4 Å². The third-order valence-corrected chi connectivity index (χ3v) is 4.17. The number of aliphatic hydroxyl groups excluding tert-OH is 1. The number of nitro groups is 1. The van der Waals surface area contributed by atoms with Crippen molar-refractivity contribution in [3.05, 3.63) is 40.6 Å². The first-order valence-electron chi connectivity index (χ1n) is 7.10. The number of fused-ring (bicyclic) bond motifs is 1. The van der Waals surface area contributed by atoms with E-state index in [9.17, 15) is 15.2 Å². The van der Waals surface area contributed by atoms with Crippen LogP contribution in [-0.4, -0.2) is 27.7 Å². The van der Waals surface area contributed by atoms with E-state index in [-0.39, 0.29) is 29.2 Å². The zero-order valence-electron chi connectivity index (χ0n) is 11.5. The molecule has 1 saturated carbocycles. The molecule has 2 atom stereocenters. The molecule has 0 amide bonds. The molecule has 0 spiro atoms. The lowest BCUT2D eigenvalue weighted by molar-refractivity contribution is -0.382. The first-order valence-corrected chi connectivity index (χ1v) is 7.10. The Morgan fingerprint density at radius 1 is 1.38 bits per heavy atom. The Hall–Kier alpha value is -2.21. The van der Waals surface area contributed by atoms with Crippen LogP contribution >= 0.6 is 0 Å².